The van der Waals surface area contributed by atoms with E-state index in [9.17, 15) is 9.59 Å². The third-order valence-corrected chi connectivity index (χ3v) is 4.34. The molecule has 0 aromatic heterocycles. The van der Waals surface area contributed by atoms with Gasteiger partial charge in [-0.25, -0.2) is 0 Å². The molecule has 1 saturated heterocycles. The van der Waals surface area contributed by atoms with E-state index < -0.39 is 11.8 Å². The molecule has 19 heavy (non-hydrogen) atoms. The standard InChI is InChI=1S/C13H21N3O2S/c14-11(19)7-15-12(17)13(18)16-6-5-9-3-1-2-4-10(9)8-16/h9-10H,1-8H2,(H2,14,19)(H,15,17). The van der Waals surface area contributed by atoms with Crippen molar-refractivity contribution in [2.24, 2.45) is 17.6 Å². The van der Waals surface area contributed by atoms with Crippen molar-refractivity contribution in [3.8, 4) is 0 Å². The van der Waals surface area contributed by atoms with Crippen LogP contribution < -0.4 is 11.1 Å². The van der Waals surface area contributed by atoms with Crippen LogP contribution in [-0.4, -0.2) is 41.3 Å². The van der Waals surface area contributed by atoms with Crippen molar-refractivity contribution < 1.29 is 9.59 Å². The molecule has 6 heteroatoms. The first kappa shape index (κ1) is 14.2. The Morgan fingerprint density at radius 2 is 1.89 bits per heavy atom. The molecule has 1 aliphatic heterocycles. The molecule has 5 nitrogen and oxygen atoms in total. The molecule has 0 spiro atoms. The molecule has 1 saturated carbocycles. The number of hydrogen-bond acceptors (Lipinski definition) is 3. The molecule has 0 bridgehead atoms. The average molecular weight is 283 g/mol. The molecule has 2 unspecified atom stereocenters. The smallest absolute Gasteiger partial charge is 0.311 e. The molecule has 2 atom stereocenters. The maximum absolute atomic E-state index is 12.0. The minimum Gasteiger partial charge on any atom is -0.392 e. The predicted octanol–water partition coefficient (Wildman–Crippen LogP) is 0.427. The molecule has 2 rings (SSSR count). The lowest BCUT2D eigenvalue weighted by Gasteiger charge is -2.40. The van der Waals surface area contributed by atoms with Gasteiger partial charge in [-0.05, 0) is 24.7 Å². The third kappa shape index (κ3) is 3.65. The quantitative estimate of drug-likeness (QED) is 0.569. The lowest BCUT2D eigenvalue weighted by Crippen LogP contribution is -2.50. The van der Waals surface area contributed by atoms with Gasteiger partial charge in [0.25, 0.3) is 0 Å². The minimum absolute atomic E-state index is 0.0831. The number of nitrogens with zero attached hydrogens (tertiary/aromatic N) is 1. The summed E-state index contributed by atoms with van der Waals surface area (Å²) in [5.41, 5.74) is 5.30. The van der Waals surface area contributed by atoms with Gasteiger partial charge in [-0.2, -0.15) is 0 Å². The third-order valence-electron chi connectivity index (χ3n) is 4.20. The number of nitrogens with one attached hydrogen (secondary N) is 1. The molecule has 0 aromatic rings. The highest BCUT2D eigenvalue weighted by Crippen LogP contribution is 2.35. The first-order valence-corrected chi connectivity index (χ1v) is 7.34. The summed E-state index contributed by atoms with van der Waals surface area (Å²) in [5, 5.41) is 2.45. The molecule has 2 fully saturated rings. The fourth-order valence-electron chi connectivity index (χ4n) is 3.17. The van der Waals surface area contributed by atoms with Gasteiger partial charge < -0.3 is 16.0 Å². The number of rotatable bonds is 2. The summed E-state index contributed by atoms with van der Waals surface area (Å²) >= 11 is 4.67. The van der Waals surface area contributed by atoms with Gasteiger partial charge in [-0.3, -0.25) is 9.59 Å². The van der Waals surface area contributed by atoms with Crippen molar-refractivity contribution >= 4 is 29.0 Å². The van der Waals surface area contributed by atoms with Crippen LogP contribution in [0.15, 0.2) is 0 Å². The van der Waals surface area contributed by atoms with Gasteiger partial charge in [0.05, 0.1) is 11.5 Å². The lowest BCUT2D eigenvalue weighted by molar-refractivity contribution is -0.147. The summed E-state index contributed by atoms with van der Waals surface area (Å²) in [6, 6.07) is 0. The molecule has 106 valence electrons. The first-order chi connectivity index (χ1) is 9.08. The molecule has 3 N–H and O–H groups in total. The normalized spacial score (nSPS) is 26.4. The molecular weight excluding hydrogens is 262 g/mol. The highest BCUT2D eigenvalue weighted by molar-refractivity contribution is 7.80. The second-order valence-electron chi connectivity index (χ2n) is 5.49. The van der Waals surface area contributed by atoms with Crippen LogP contribution in [0, 0.1) is 11.8 Å². The lowest BCUT2D eigenvalue weighted by atomic mass is 9.75. The second kappa shape index (κ2) is 6.32. The Morgan fingerprint density at radius 3 is 2.58 bits per heavy atom. The van der Waals surface area contributed by atoms with Crippen LogP contribution in [0.25, 0.3) is 0 Å². The van der Waals surface area contributed by atoms with E-state index in [1.54, 1.807) is 4.90 Å². The Morgan fingerprint density at radius 1 is 1.21 bits per heavy atom. The van der Waals surface area contributed by atoms with Gasteiger partial charge >= 0.3 is 11.8 Å². The van der Waals surface area contributed by atoms with Crippen LogP contribution in [0.3, 0.4) is 0 Å². The highest BCUT2D eigenvalue weighted by Gasteiger charge is 2.34. The number of piperidine rings is 1. The van der Waals surface area contributed by atoms with E-state index in [4.69, 9.17) is 5.73 Å². The van der Waals surface area contributed by atoms with E-state index in [0.717, 1.165) is 18.9 Å². The van der Waals surface area contributed by atoms with Gasteiger partial charge in [0.2, 0.25) is 0 Å². The average Bonchev–Trinajstić information content (AvgIpc) is 2.43. The summed E-state index contributed by atoms with van der Waals surface area (Å²) in [6.45, 7) is 1.50. The Hall–Kier alpha value is -1.17. The number of thiocarbonyl (C=S) groups is 1. The number of likely N-dealkylation sites (tertiary alicyclic amines) is 1. The molecule has 2 aliphatic rings. The van der Waals surface area contributed by atoms with Crippen molar-refractivity contribution in [2.75, 3.05) is 19.6 Å². The molecule has 2 amide bonds. The van der Waals surface area contributed by atoms with E-state index in [0.29, 0.717) is 12.5 Å². The van der Waals surface area contributed by atoms with Gasteiger partial charge in [0, 0.05) is 13.1 Å². The van der Waals surface area contributed by atoms with Crippen molar-refractivity contribution in [3.05, 3.63) is 0 Å². The molecule has 1 heterocycles. The topological polar surface area (TPSA) is 75.4 Å². The van der Waals surface area contributed by atoms with Crippen LogP contribution in [0.1, 0.15) is 32.1 Å². The monoisotopic (exact) mass is 283 g/mol. The summed E-state index contributed by atoms with van der Waals surface area (Å²) < 4.78 is 0. The first-order valence-electron chi connectivity index (χ1n) is 6.93. The number of nitrogens with two attached hydrogens (primary N) is 1. The fraction of sp³-hybridized carbons (Fsp3) is 0.769. The maximum atomic E-state index is 12.0. The zero-order chi connectivity index (χ0) is 13.8. The zero-order valence-electron chi connectivity index (χ0n) is 11.1. The summed E-state index contributed by atoms with van der Waals surface area (Å²) in [4.78, 5) is 25.6. The summed E-state index contributed by atoms with van der Waals surface area (Å²) in [7, 11) is 0. The Kier molecular flexibility index (Phi) is 4.74. The highest BCUT2D eigenvalue weighted by atomic mass is 32.1. The van der Waals surface area contributed by atoms with E-state index >= 15 is 0 Å². The van der Waals surface area contributed by atoms with Crippen LogP contribution in [0.5, 0.6) is 0 Å². The summed E-state index contributed by atoms with van der Waals surface area (Å²) in [5.74, 6) is 0.287. The number of amides is 2. The van der Waals surface area contributed by atoms with Crippen molar-refractivity contribution in [2.45, 2.75) is 32.1 Å². The van der Waals surface area contributed by atoms with Crippen molar-refractivity contribution in [1.82, 2.24) is 10.2 Å². The number of fused-ring (bicyclic) bond motifs is 1. The Bertz CT molecular complexity index is 386. The minimum atomic E-state index is -0.595. The van der Waals surface area contributed by atoms with Crippen molar-refractivity contribution in [3.63, 3.8) is 0 Å². The van der Waals surface area contributed by atoms with Gasteiger partial charge in [0.15, 0.2) is 0 Å². The number of hydrogen-bond donors (Lipinski definition) is 2. The van der Waals surface area contributed by atoms with Crippen molar-refractivity contribution in [1.29, 1.82) is 0 Å². The van der Waals surface area contributed by atoms with Gasteiger partial charge in [-0.15, -0.1) is 0 Å². The predicted molar refractivity (Wildman–Crippen MR) is 76.4 cm³/mol. The molecule has 0 radical (unpaired) electrons. The number of carbonyl (C=O) groups is 2. The van der Waals surface area contributed by atoms with E-state index in [2.05, 4.69) is 17.5 Å². The molecular formula is C13H21N3O2S. The molecule has 0 aromatic carbocycles. The van der Waals surface area contributed by atoms with Crippen LogP contribution in [0.2, 0.25) is 0 Å². The van der Waals surface area contributed by atoms with Crippen LogP contribution in [-0.2, 0) is 9.59 Å². The van der Waals surface area contributed by atoms with E-state index in [-0.39, 0.29) is 11.5 Å². The maximum Gasteiger partial charge on any atom is 0.311 e. The summed E-state index contributed by atoms with van der Waals surface area (Å²) in [6.07, 6.45) is 6.04. The Labute approximate surface area is 118 Å². The zero-order valence-corrected chi connectivity index (χ0v) is 11.9. The number of carbonyl (C=O) groups excluding carboxylic acids is 2. The fourth-order valence-corrected chi connectivity index (χ4v) is 3.24. The second-order valence-corrected chi connectivity index (χ2v) is 6.02. The molecule has 1 aliphatic carbocycles. The van der Waals surface area contributed by atoms with Gasteiger partial charge in [-0.1, -0.05) is 31.5 Å². The van der Waals surface area contributed by atoms with E-state index in [1.165, 1.54) is 25.7 Å². The largest absolute Gasteiger partial charge is 0.392 e. The SMILES string of the molecule is NC(=S)CNC(=O)C(=O)N1CCC2CCCCC2C1. The van der Waals surface area contributed by atoms with Crippen LogP contribution >= 0.6 is 12.2 Å². The Balaban J connectivity index is 1.86. The van der Waals surface area contributed by atoms with Gasteiger partial charge in [0.1, 0.15) is 0 Å². The van der Waals surface area contributed by atoms with Crippen LogP contribution in [0.4, 0.5) is 0 Å². The van der Waals surface area contributed by atoms with E-state index in [1.807, 2.05) is 0 Å².